The van der Waals surface area contributed by atoms with Crippen LogP contribution < -0.4 is 5.73 Å². The summed E-state index contributed by atoms with van der Waals surface area (Å²) in [5, 5.41) is 8.67. The van der Waals surface area contributed by atoms with Gasteiger partial charge in [0.2, 0.25) is 0 Å². The molecule has 0 radical (unpaired) electrons. The summed E-state index contributed by atoms with van der Waals surface area (Å²) in [6.45, 7) is 7.12. The number of aliphatic hydroxyl groups excluding tert-OH is 1. The van der Waals surface area contributed by atoms with E-state index in [0.29, 0.717) is 26.1 Å². The van der Waals surface area contributed by atoms with Gasteiger partial charge in [0.05, 0.1) is 0 Å². The summed E-state index contributed by atoms with van der Waals surface area (Å²) in [5.74, 6) is 0. The Morgan fingerprint density at radius 1 is 1.31 bits per heavy atom. The van der Waals surface area contributed by atoms with Gasteiger partial charge in [-0.3, -0.25) is 0 Å². The Balaban J connectivity index is 4.12. The lowest BCUT2D eigenvalue weighted by Gasteiger charge is -2.27. The maximum absolute atomic E-state index is 11.7. The molecule has 0 aliphatic heterocycles. The van der Waals surface area contributed by atoms with Crippen LogP contribution in [-0.4, -0.2) is 47.9 Å². The van der Waals surface area contributed by atoms with Gasteiger partial charge in [0, 0.05) is 26.2 Å². The molecule has 5 heteroatoms. The number of carbonyl (C=O) groups excluding carboxylic acids is 1. The predicted octanol–water partition coefficient (Wildman–Crippen LogP) is 0.955. The molecular formula is C11H24N2O3. The van der Waals surface area contributed by atoms with E-state index in [0.717, 1.165) is 6.42 Å². The van der Waals surface area contributed by atoms with E-state index in [1.165, 1.54) is 0 Å². The quantitative estimate of drug-likeness (QED) is 0.669. The summed E-state index contributed by atoms with van der Waals surface area (Å²) in [7, 11) is 0. The molecule has 0 aliphatic carbocycles. The Kier molecular flexibility index (Phi) is 7.08. The van der Waals surface area contributed by atoms with Gasteiger partial charge < -0.3 is 20.5 Å². The second-order valence-corrected chi connectivity index (χ2v) is 4.69. The van der Waals surface area contributed by atoms with E-state index >= 15 is 0 Å². The number of nitrogens with zero attached hydrogens (tertiary/aromatic N) is 1. The molecule has 0 saturated heterocycles. The number of aliphatic hydroxyl groups is 1. The molecule has 0 heterocycles. The highest BCUT2D eigenvalue weighted by Crippen LogP contribution is 2.10. The molecule has 96 valence electrons. The number of unbranched alkanes of at least 4 members (excludes halogenated alkanes) is 1. The van der Waals surface area contributed by atoms with Crippen LogP contribution >= 0.6 is 0 Å². The third-order valence-corrected chi connectivity index (χ3v) is 1.89. The third kappa shape index (κ3) is 7.48. The molecule has 0 bridgehead atoms. The SMILES string of the molecule is CC(C)(C)OC(=O)N(CCN)CCCCO. The Bertz CT molecular complexity index is 202. The largest absolute Gasteiger partial charge is 0.444 e. The van der Waals surface area contributed by atoms with Crippen LogP contribution in [0, 0.1) is 0 Å². The summed E-state index contributed by atoms with van der Waals surface area (Å²) in [4.78, 5) is 13.3. The zero-order valence-corrected chi connectivity index (χ0v) is 10.5. The van der Waals surface area contributed by atoms with Crippen LogP contribution in [0.15, 0.2) is 0 Å². The fourth-order valence-electron chi connectivity index (χ4n) is 1.19. The van der Waals surface area contributed by atoms with Gasteiger partial charge >= 0.3 is 6.09 Å². The van der Waals surface area contributed by atoms with Crippen LogP contribution in [0.1, 0.15) is 33.6 Å². The summed E-state index contributed by atoms with van der Waals surface area (Å²) >= 11 is 0. The van der Waals surface area contributed by atoms with Crippen LogP contribution in [0.2, 0.25) is 0 Å². The van der Waals surface area contributed by atoms with Crippen LogP contribution in [0.5, 0.6) is 0 Å². The summed E-state index contributed by atoms with van der Waals surface area (Å²) in [6.07, 6.45) is 1.11. The van der Waals surface area contributed by atoms with Crippen molar-refractivity contribution in [2.24, 2.45) is 5.73 Å². The lowest BCUT2D eigenvalue weighted by Crippen LogP contribution is -2.40. The first-order valence-corrected chi connectivity index (χ1v) is 5.69. The number of amides is 1. The first-order chi connectivity index (χ1) is 7.40. The van der Waals surface area contributed by atoms with Gasteiger partial charge in [-0.05, 0) is 33.6 Å². The Hall–Kier alpha value is -0.810. The number of hydrogen-bond donors (Lipinski definition) is 2. The normalized spacial score (nSPS) is 11.3. The molecule has 0 aromatic carbocycles. The van der Waals surface area contributed by atoms with E-state index in [4.69, 9.17) is 15.6 Å². The van der Waals surface area contributed by atoms with Gasteiger partial charge in [-0.2, -0.15) is 0 Å². The first-order valence-electron chi connectivity index (χ1n) is 5.69. The minimum absolute atomic E-state index is 0.144. The van der Waals surface area contributed by atoms with Crippen molar-refractivity contribution in [1.82, 2.24) is 4.90 Å². The van der Waals surface area contributed by atoms with E-state index in [9.17, 15) is 4.79 Å². The Morgan fingerprint density at radius 3 is 2.38 bits per heavy atom. The van der Waals surface area contributed by atoms with Crippen LogP contribution in [0.25, 0.3) is 0 Å². The van der Waals surface area contributed by atoms with Crippen LogP contribution in [0.3, 0.4) is 0 Å². The van der Waals surface area contributed by atoms with Crippen LogP contribution in [0.4, 0.5) is 4.79 Å². The highest BCUT2D eigenvalue weighted by molar-refractivity contribution is 5.68. The van der Waals surface area contributed by atoms with Crippen molar-refractivity contribution in [3.8, 4) is 0 Å². The van der Waals surface area contributed by atoms with Crippen molar-refractivity contribution < 1.29 is 14.6 Å². The van der Waals surface area contributed by atoms with E-state index in [1.54, 1.807) is 4.90 Å². The van der Waals surface area contributed by atoms with E-state index in [1.807, 2.05) is 20.8 Å². The number of ether oxygens (including phenoxy) is 1. The molecule has 0 saturated carbocycles. The molecule has 0 fully saturated rings. The van der Waals surface area contributed by atoms with Gasteiger partial charge in [0.1, 0.15) is 5.60 Å². The molecular weight excluding hydrogens is 208 g/mol. The van der Waals surface area contributed by atoms with Crippen molar-refractivity contribution in [3.05, 3.63) is 0 Å². The molecule has 0 unspecified atom stereocenters. The lowest BCUT2D eigenvalue weighted by atomic mass is 10.2. The average molecular weight is 232 g/mol. The zero-order valence-electron chi connectivity index (χ0n) is 10.5. The number of rotatable bonds is 6. The maximum atomic E-state index is 11.7. The molecule has 0 aliphatic rings. The topological polar surface area (TPSA) is 75.8 Å². The second-order valence-electron chi connectivity index (χ2n) is 4.69. The van der Waals surface area contributed by atoms with Crippen molar-refractivity contribution in [3.63, 3.8) is 0 Å². The maximum Gasteiger partial charge on any atom is 0.410 e. The Labute approximate surface area is 97.6 Å². The molecule has 0 spiro atoms. The highest BCUT2D eigenvalue weighted by Gasteiger charge is 2.21. The molecule has 1 amide bonds. The van der Waals surface area contributed by atoms with Crippen molar-refractivity contribution in [2.75, 3.05) is 26.2 Å². The minimum atomic E-state index is -0.485. The van der Waals surface area contributed by atoms with Gasteiger partial charge in [-0.25, -0.2) is 4.79 Å². The fraction of sp³-hybridized carbons (Fsp3) is 0.909. The second kappa shape index (κ2) is 7.46. The molecule has 5 nitrogen and oxygen atoms in total. The zero-order chi connectivity index (χ0) is 12.6. The lowest BCUT2D eigenvalue weighted by molar-refractivity contribution is 0.0250. The fourth-order valence-corrected chi connectivity index (χ4v) is 1.19. The van der Waals surface area contributed by atoms with Crippen LogP contribution in [-0.2, 0) is 4.74 Å². The van der Waals surface area contributed by atoms with E-state index < -0.39 is 5.60 Å². The number of carbonyl (C=O) groups is 1. The molecule has 0 atom stereocenters. The highest BCUT2D eigenvalue weighted by atomic mass is 16.6. The van der Waals surface area contributed by atoms with Gasteiger partial charge in [0.25, 0.3) is 0 Å². The molecule has 3 N–H and O–H groups in total. The first kappa shape index (κ1) is 15.2. The van der Waals surface area contributed by atoms with Crippen molar-refractivity contribution in [1.29, 1.82) is 0 Å². The number of hydrogen-bond acceptors (Lipinski definition) is 4. The van der Waals surface area contributed by atoms with Gasteiger partial charge in [-0.1, -0.05) is 0 Å². The average Bonchev–Trinajstić information content (AvgIpc) is 2.14. The smallest absolute Gasteiger partial charge is 0.410 e. The monoisotopic (exact) mass is 232 g/mol. The van der Waals surface area contributed by atoms with Crippen molar-refractivity contribution in [2.45, 2.75) is 39.2 Å². The van der Waals surface area contributed by atoms with E-state index in [2.05, 4.69) is 0 Å². The molecule has 0 aromatic rings. The van der Waals surface area contributed by atoms with E-state index in [-0.39, 0.29) is 12.7 Å². The third-order valence-electron chi connectivity index (χ3n) is 1.89. The molecule has 0 rings (SSSR count). The van der Waals surface area contributed by atoms with Gasteiger partial charge in [0.15, 0.2) is 0 Å². The minimum Gasteiger partial charge on any atom is -0.444 e. The summed E-state index contributed by atoms with van der Waals surface area (Å²) in [5.41, 5.74) is 4.95. The van der Waals surface area contributed by atoms with Gasteiger partial charge in [-0.15, -0.1) is 0 Å². The predicted molar refractivity (Wildman–Crippen MR) is 63.2 cm³/mol. The molecule has 16 heavy (non-hydrogen) atoms. The van der Waals surface area contributed by atoms with Crippen molar-refractivity contribution >= 4 is 6.09 Å². The molecule has 0 aromatic heterocycles. The standard InChI is InChI=1S/C11H24N2O3/c1-11(2,3)16-10(15)13(8-6-12)7-4-5-9-14/h14H,4-9,12H2,1-3H3. The Morgan fingerprint density at radius 2 is 1.94 bits per heavy atom. The summed E-state index contributed by atoms with van der Waals surface area (Å²) < 4.78 is 5.25. The number of nitrogens with two attached hydrogens (primary N) is 1. The summed E-state index contributed by atoms with van der Waals surface area (Å²) in [6, 6.07) is 0.